The van der Waals surface area contributed by atoms with Crippen LogP contribution in [0.2, 0.25) is 5.02 Å². The van der Waals surface area contributed by atoms with E-state index in [2.05, 4.69) is 39.3 Å². The van der Waals surface area contributed by atoms with Gasteiger partial charge in [-0.1, -0.05) is 48.0 Å². The molecule has 108 valence electrons. The van der Waals surface area contributed by atoms with Gasteiger partial charge in [0.2, 0.25) is 0 Å². The van der Waals surface area contributed by atoms with E-state index in [4.69, 9.17) is 11.6 Å². The molecular formula is C17H18ClN3. The molecule has 0 unspecified atom stereocenters. The second-order valence-electron chi connectivity index (χ2n) is 5.04. The standard InChI is InChI=1S/C17H18ClN3/c18-17-9-5-4-6-15(17)14-19-21-12-10-20(11-13-21)16-7-2-1-3-8-16/h1-9,14H,10-13H2/b19-14+. The van der Waals surface area contributed by atoms with Crippen LogP contribution in [0.25, 0.3) is 0 Å². The lowest BCUT2D eigenvalue weighted by Crippen LogP contribution is -2.44. The van der Waals surface area contributed by atoms with Crippen molar-refractivity contribution in [3.8, 4) is 0 Å². The summed E-state index contributed by atoms with van der Waals surface area (Å²) >= 11 is 6.13. The van der Waals surface area contributed by atoms with Gasteiger partial charge in [-0.2, -0.15) is 5.10 Å². The molecule has 0 amide bonds. The molecule has 0 saturated carbocycles. The van der Waals surface area contributed by atoms with Gasteiger partial charge in [0.15, 0.2) is 0 Å². The Morgan fingerprint density at radius 2 is 1.52 bits per heavy atom. The second kappa shape index (κ2) is 6.64. The van der Waals surface area contributed by atoms with Gasteiger partial charge in [-0.05, 0) is 18.2 Å². The van der Waals surface area contributed by atoms with Crippen LogP contribution in [0.5, 0.6) is 0 Å². The first kappa shape index (κ1) is 14.0. The first-order valence-electron chi connectivity index (χ1n) is 7.16. The number of benzene rings is 2. The van der Waals surface area contributed by atoms with Crippen molar-refractivity contribution >= 4 is 23.5 Å². The van der Waals surface area contributed by atoms with Crippen molar-refractivity contribution in [2.45, 2.75) is 0 Å². The lowest BCUT2D eigenvalue weighted by atomic mass is 10.2. The first-order valence-corrected chi connectivity index (χ1v) is 7.54. The Labute approximate surface area is 130 Å². The Bertz CT molecular complexity index is 604. The highest BCUT2D eigenvalue weighted by Crippen LogP contribution is 2.16. The molecule has 3 rings (SSSR count). The van der Waals surface area contributed by atoms with Crippen LogP contribution in [0.1, 0.15) is 5.56 Å². The molecule has 3 nitrogen and oxygen atoms in total. The predicted octanol–water partition coefficient (Wildman–Crippen LogP) is 3.50. The summed E-state index contributed by atoms with van der Waals surface area (Å²) in [6.07, 6.45) is 1.85. The Hall–Kier alpha value is -2.00. The summed E-state index contributed by atoms with van der Waals surface area (Å²) in [5.41, 5.74) is 2.25. The number of hydrazone groups is 1. The van der Waals surface area contributed by atoms with Crippen molar-refractivity contribution in [2.75, 3.05) is 31.1 Å². The molecule has 0 N–H and O–H groups in total. The minimum atomic E-state index is 0.740. The maximum atomic E-state index is 6.13. The number of piperazine rings is 1. The molecular weight excluding hydrogens is 282 g/mol. The zero-order valence-electron chi connectivity index (χ0n) is 11.8. The fourth-order valence-electron chi connectivity index (χ4n) is 2.43. The quantitative estimate of drug-likeness (QED) is 0.808. The van der Waals surface area contributed by atoms with Crippen molar-refractivity contribution in [3.63, 3.8) is 0 Å². The van der Waals surface area contributed by atoms with E-state index >= 15 is 0 Å². The van der Waals surface area contributed by atoms with Gasteiger partial charge in [0.1, 0.15) is 0 Å². The molecule has 2 aromatic carbocycles. The van der Waals surface area contributed by atoms with Crippen molar-refractivity contribution < 1.29 is 0 Å². The number of anilines is 1. The summed E-state index contributed by atoms with van der Waals surface area (Å²) in [5.74, 6) is 0. The summed E-state index contributed by atoms with van der Waals surface area (Å²) in [5, 5.41) is 7.38. The molecule has 1 saturated heterocycles. The number of nitrogens with zero attached hydrogens (tertiary/aromatic N) is 3. The summed E-state index contributed by atoms with van der Waals surface area (Å²) in [6.45, 7) is 3.83. The average Bonchev–Trinajstić information content (AvgIpc) is 2.55. The van der Waals surface area contributed by atoms with Crippen LogP contribution in [0.4, 0.5) is 5.69 Å². The lowest BCUT2D eigenvalue weighted by Gasteiger charge is -2.34. The number of rotatable bonds is 3. The number of para-hydroxylation sites is 1. The fourth-order valence-corrected chi connectivity index (χ4v) is 2.62. The van der Waals surface area contributed by atoms with Gasteiger partial charge in [-0.25, -0.2) is 0 Å². The average molecular weight is 300 g/mol. The molecule has 4 heteroatoms. The molecule has 0 bridgehead atoms. The molecule has 2 aromatic rings. The van der Waals surface area contributed by atoms with Crippen LogP contribution in [-0.2, 0) is 0 Å². The van der Waals surface area contributed by atoms with Crippen molar-refractivity contribution in [1.29, 1.82) is 0 Å². The van der Waals surface area contributed by atoms with Crippen LogP contribution in [-0.4, -0.2) is 37.4 Å². The molecule has 0 radical (unpaired) electrons. The van der Waals surface area contributed by atoms with Gasteiger partial charge in [-0.15, -0.1) is 0 Å². The Balaban J connectivity index is 1.58. The van der Waals surface area contributed by atoms with Gasteiger partial charge < -0.3 is 4.90 Å². The highest BCUT2D eigenvalue weighted by molar-refractivity contribution is 6.33. The summed E-state index contributed by atoms with van der Waals surface area (Å²) in [7, 11) is 0. The number of halogens is 1. The van der Waals surface area contributed by atoms with Crippen LogP contribution < -0.4 is 4.90 Å². The van der Waals surface area contributed by atoms with E-state index in [9.17, 15) is 0 Å². The minimum absolute atomic E-state index is 0.740. The normalized spacial score (nSPS) is 15.7. The third-order valence-corrected chi connectivity index (χ3v) is 3.99. The number of hydrogen-bond donors (Lipinski definition) is 0. The smallest absolute Gasteiger partial charge is 0.0557 e. The zero-order valence-corrected chi connectivity index (χ0v) is 12.6. The maximum absolute atomic E-state index is 6.13. The summed E-state index contributed by atoms with van der Waals surface area (Å²) < 4.78 is 0. The molecule has 21 heavy (non-hydrogen) atoms. The summed E-state index contributed by atoms with van der Waals surface area (Å²) in [6, 6.07) is 18.3. The van der Waals surface area contributed by atoms with Crippen LogP contribution >= 0.6 is 11.6 Å². The van der Waals surface area contributed by atoms with Gasteiger partial charge in [-0.3, -0.25) is 5.01 Å². The van der Waals surface area contributed by atoms with E-state index in [0.29, 0.717) is 0 Å². The molecule has 0 aromatic heterocycles. The Morgan fingerprint density at radius 3 is 2.24 bits per heavy atom. The monoisotopic (exact) mass is 299 g/mol. The largest absolute Gasteiger partial charge is 0.368 e. The summed E-state index contributed by atoms with van der Waals surface area (Å²) in [4.78, 5) is 2.39. The maximum Gasteiger partial charge on any atom is 0.0557 e. The molecule has 0 aliphatic carbocycles. The van der Waals surface area contributed by atoms with Crippen LogP contribution in [0.3, 0.4) is 0 Å². The van der Waals surface area contributed by atoms with E-state index in [0.717, 1.165) is 36.8 Å². The van der Waals surface area contributed by atoms with E-state index in [-0.39, 0.29) is 0 Å². The lowest BCUT2D eigenvalue weighted by molar-refractivity contribution is 0.272. The van der Waals surface area contributed by atoms with E-state index in [1.54, 1.807) is 0 Å². The third kappa shape index (κ3) is 3.56. The highest BCUT2D eigenvalue weighted by Gasteiger charge is 2.15. The van der Waals surface area contributed by atoms with Crippen molar-refractivity contribution in [3.05, 3.63) is 65.2 Å². The second-order valence-corrected chi connectivity index (χ2v) is 5.45. The zero-order chi connectivity index (χ0) is 14.5. The molecule has 1 fully saturated rings. The Kier molecular flexibility index (Phi) is 4.41. The molecule has 0 spiro atoms. The minimum Gasteiger partial charge on any atom is -0.368 e. The predicted molar refractivity (Wildman–Crippen MR) is 89.3 cm³/mol. The third-order valence-electron chi connectivity index (χ3n) is 3.64. The first-order chi connectivity index (χ1) is 10.3. The molecule has 1 aliphatic rings. The van der Waals surface area contributed by atoms with Gasteiger partial charge in [0.05, 0.1) is 19.3 Å². The SMILES string of the molecule is Clc1ccccc1/C=N/N1CCN(c2ccccc2)CC1. The highest BCUT2D eigenvalue weighted by atomic mass is 35.5. The van der Waals surface area contributed by atoms with E-state index in [1.807, 2.05) is 36.5 Å². The number of hydrogen-bond acceptors (Lipinski definition) is 3. The van der Waals surface area contributed by atoms with Gasteiger partial charge >= 0.3 is 0 Å². The molecule has 1 aliphatic heterocycles. The van der Waals surface area contributed by atoms with Gasteiger partial charge in [0, 0.05) is 29.4 Å². The Morgan fingerprint density at radius 1 is 0.857 bits per heavy atom. The van der Waals surface area contributed by atoms with E-state index in [1.165, 1.54) is 5.69 Å². The molecule has 1 heterocycles. The fraction of sp³-hybridized carbons (Fsp3) is 0.235. The van der Waals surface area contributed by atoms with Crippen molar-refractivity contribution in [1.82, 2.24) is 5.01 Å². The van der Waals surface area contributed by atoms with Crippen LogP contribution in [0, 0.1) is 0 Å². The van der Waals surface area contributed by atoms with E-state index < -0.39 is 0 Å². The van der Waals surface area contributed by atoms with Gasteiger partial charge in [0.25, 0.3) is 0 Å². The van der Waals surface area contributed by atoms with Crippen molar-refractivity contribution in [2.24, 2.45) is 5.10 Å². The van der Waals surface area contributed by atoms with Crippen LogP contribution in [0.15, 0.2) is 59.7 Å². The topological polar surface area (TPSA) is 18.8 Å². The molecule has 0 atom stereocenters.